The van der Waals surface area contributed by atoms with Gasteiger partial charge in [-0.05, 0) is 31.4 Å². The van der Waals surface area contributed by atoms with Gasteiger partial charge in [-0.25, -0.2) is 4.98 Å². The van der Waals surface area contributed by atoms with Crippen LogP contribution in [0.5, 0.6) is 0 Å². The summed E-state index contributed by atoms with van der Waals surface area (Å²) in [5.74, 6) is 0.906. The van der Waals surface area contributed by atoms with E-state index in [4.69, 9.17) is 28.2 Å². The average Bonchev–Trinajstić information content (AvgIpc) is 2.91. The second kappa shape index (κ2) is 9.34. The molecule has 23 heavy (non-hydrogen) atoms. The van der Waals surface area contributed by atoms with Crippen LogP contribution in [-0.4, -0.2) is 9.55 Å². The molecule has 4 heteroatoms. The van der Waals surface area contributed by atoms with Crippen LogP contribution < -0.4 is 0 Å². The largest absolute Gasteiger partial charge is 0.331 e. The van der Waals surface area contributed by atoms with E-state index in [0.717, 1.165) is 36.5 Å². The zero-order valence-electron chi connectivity index (χ0n) is 14.1. The maximum atomic E-state index is 6.40. The molecule has 0 fully saturated rings. The molecule has 0 bridgehead atoms. The molecule has 1 heterocycles. The van der Waals surface area contributed by atoms with Gasteiger partial charge in [-0.3, -0.25) is 0 Å². The van der Waals surface area contributed by atoms with Crippen LogP contribution in [0.15, 0.2) is 24.4 Å². The average molecular weight is 353 g/mol. The van der Waals surface area contributed by atoms with Crippen molar-refractivity contribution in [1.82, 2.24) is 9.55 Å². The van der Waals surface area contributed by atoms with E-state index < -0.39 is 0 Å². The fraction of sp³-hybridized carbons (Fsp3) is 0.526. The minimum Gasteiger partial charge on any atom is -0.331 e. The molecule has 2 aromatic rings. The maximum absolute atomic E-state index is 6.40. The second-order valence-electron chi connectivity index (χ2n) is 6.01. The highest BCUT2D eigenvalue weighted by atomic mass is 35.5. The SMILES string of the molecule is CCCCCc1cn(CCCCC)c(-c2c(Cl)cccc2Cl)n1. The molecule has 0 aliphatic carbocycles. The van der Waals surface area contributed by atoms with Gasteiger partial charge < -0.3 is 4.57 Å². The summed E-state index contributed by atoms with van der Waals surface area (Å²) in [7, 11) is 0. The monoisotopic (exact) mass is 352 g/mol. The lowest BCUT2D eigenvalue weighted by molar-refractivity contribution is 0.605. The summed E-state index contributed by atoms with van der Waals surface area (Å²) in [6, 6.07) is 5.63. The Morgan fingerprint density at radius 2 is 1.61 bits per heavy atom. The number of imidazole rings is 1. The van der Waals surface area contributed by atoms with E-state index in [1.165, 1.54) is 32.1 Å². The Morgan fingerprint density at radius 1 is 0.957 bits per heavy atom. The third-order valence-electron chi connectivity index (χ3n) is 4.05. The number of unbranched alkanes of at least 4 members (excludes halogenated alkanes) is 4. The van der Waals surface area contributed by atoms with Gasteiger partial charge in [0, 0.05) is 12.7 Å². The van der Waals surface area contributed by atoms with Gasteiger partial charge in [0.25, 0.3) is 0 Å². The minimum atomic E-state index is 0.667. The smallest absolute Gasteiger partial charge is 0.143 e. The van der Waals surface area contributed by atoms with Gasteiger partial charge >= 0.3 is 0 Å². The number of aromatic nitrogens is 2. The first-order chi connectivity index (χ1) is 11.2. The summed E-state index contributed by atoms with van der Waals surface area (Å²) in [5, 5.41) is 1.33. The summed E-state index contributed by atoms with van der Waals surface area (Å²) in [6.45, 7) is 5.40. The third-order valence-corrected chi connectivity index (χ3v) is 4.68. The van der Waals surface area contributed by atoms with Gasteiger partial charge in [0.1, 0.15) is 5.82 Å². The Balaban J connectivity index is 2.31. The Labute approximate surface area is 149 Å². The lowest BCUT2D eigenvalue weighted by atomic mass is 10.2. The number of aryl methyl sites for hydroxylation is 2. The van der Waals surface area contributed by atoms with E-state index in [-0.39, 0.29) is 0 Å². The molecule has 0 radical (unpaired) electrons. The fourth-order valence-corrected chi connectivity index (χ4v) is 3.33. The number of hydrogen-bond acceptors (Lipinski definition) is 1. The van der Waals surface area contributed by atoms with Gasteiger partial charge in [-0.1, -0.05) is 68.8 Å². The summed E-state index contributed by atoms with van der Waals surface area (Å²) >= 11 is 12.8. The molecule has 0 atom stereocenters. The standard InChI is InChI=1S/C19H26Cl2N2/c1-3-5-7-10-15-14-23(13-8-6-4-2)19(22-15)18-16(20)11-9-12-17(18)21/h9,11-12,14H,3-8,10,13H2,1-2H3. The van der Waals surface area contributed by atoms with E-state index in [1.54, 1.807) is 0 Å². The van der Waals surface area contributed by atoms with E-state index >= 15 is 0 Å². The number of nitrogens with zero attached hydrogens (tertiary/aromatic N) is 2. The van der Waals surface area contributed by atoms with Crippen LogP contribution in [0.25, 0.3) is 11.4 Å². The highest BCUT2D eigenvalue weighted by Crippen LogP contribution is 2.34. The quantitative estimate of drug-likeness (QED) is 0.454. The fourth-order valence-electron chi connectivity index (χ4n) is 2.76. The van der Waals surface area contributed by atoms with Gasteiger partial charge in [0.15, 0.2) is 0 Å². The zero-order chi connectivity index (χ0) is 16.7. The molecule has 0 spiro atoms. The van der Waals surface area contributed by atoms with Crippen molar-refractivity contribution < 1.29 is 0 Å². The van der Waals surface area contributed by atoms with Crippen molar-refractivity contribution in [3.05, 3.63) is 40.1 Å². The predicted octanol–water partition coefficient (Wildman–Crippen LogP) is 6.78. The molecule has 2 rings (SSSR count). The van der Waals surface area contributed by atoms with Crippen LogP contribution in [0.4, 0.5) is 0 Å². The van der Waals surface area contributed by atoms with E-state index in [9.17, 15) is 0 Å². The van der Waals surface area contributed by atoms with Crippen molar-refractivity contribution in [3.8, 4) is 11.4 Å². The molecule has 1 aromatic heterocycles. The Bertz CT molecular complexity index is 600. The normalized spacial score (nSPS) is 11.1. The Hall–Kier alpha value is -0.990. The predicted molar refractivity (Wildman–Crippen MR) is 100 cm³/mol. The van der Waals surface area contributed by atoms with Crippen LogP contribution in [0.1, 0.15) is 58.1 Å². The van der Waals surface area contributed by atoms with E-state index in [0.29, 0.717) is 10.0 Å². The van der Waals surface area contributed by atoms with Crippen molar-refractivity contribution >= 4 is 23.2 Å². The summed E-state index contributed by atoms with van der Waals surface area (Å²) in [5.41, 5.74) is 2.00. The number of rotatable bonds is 9. The van der Waals surface area contributed by atoms with Gasteiger partial charge in [-0.15, -0.1) is 0 Å². The van der Waals surface area contributed by atoms with E-state index in [2.05, 4.69) is 24.6 Å². The van der Waals surface area contributed by atoms with E-state index in [1.807, 2.05) is 18.2 Å². The first-order valence-corrected chi connectivity index (χ1v) is 9.43. The number of hydrogen-bond donors (Lipinski definition) is 0. The van der Waals surface area contributed by atoms with Crippen LogP contribution in [-0.2, 0) is 13.0 Å². The molecule has 0 unspecified atom stereocenters. The van der Waals surface area contributed by atoms with Gasteiger partial charge in [0.2, 0.25) is 0 Å². The zero-order valence-corrected chi connectivity index (χ0v) is 15.6. The molecule has 0 saturated heterocycles. The van der Waals surface area contributed by atoms with Crippen molar-refractivity contribution in [2.45, 2.75) is 65.3 Å². The second-order valence-corrected chi connectivity index (χ2v) is 6.82. The lowest BCUT2D eigenvalue weighted by Gasteiger charge is -2.10. The number of benzene rings is 1. The summed E-state index contributed by atoms with van der Waals surface area (Å²) in [4.78, 5) is 4.85. The van der Waals surface area contributed by atoms with Crippen molar-refractivity contribution in [3.63, 3.8) is 0 Å². The molecule has 0 saturated carbocycles. The Morgan fingerprint density at radius 3 is 2.26 bits per heavy atom. The highest BCUT2D eigenvalue weighted by molar-refractivity contribution is 6.39. The van der Waals surface area contributed by atoms with Crippen molar-refractivity contribution in [1.29, 1.82) is 0 Å². The molecule has 2 nitrogen and oxygen atoms in total. The molecular weight excluding hydrogens is 327 g/mol. The molecule has 0 amide bonds. The summed E-state index contributed by atoms with van der Waals surface area (Å²) in [6.07, 6.45) is 10.4. The summed E-state index contributed by atoms with van der Waals surface area (Å²) < 4.78 is 2.23. The topological polar surface area (TPSA) is 17.8 Å². The van der Waals surface area contributed by atoms with Gasteiger partial charge in [0.05, 0.1) is 21.3 Å². The molecule has 0 N–H and O–H groups in total. The molecule has 0 aliphatic rings. The maximum Gasteiger partial charge on any atom is 0.143 e. The molecular formula is C19H26Cl2N2. The third kappa shape index (κ3) is 4.99. The van der Waals surface area contributed by atoms with Crippen LogP contribution in [0.3, 0.4) is 0 Å². The molecule has 1 aromatic carbocycles. The highest BCUT2D eigenvalue weighted by Gasteiger charge is 2.16. The van der Waals surface area contributed by atoms with Crippen molar-refractivity contribution in [2.75, 3.05) is 0 Å². The molecule has 126 valence electrons. The minimum absolute atomic E-state index is 0.667. The number of halogens is 2. The van der Waals surface area contributed by atoms with Crippen LogP contribution in [0, 0.1) is 0 Å². The van der Waals surface area contributed by atoms with Crippen LogP contribution >= 0.6 is 23.2 Å². The molecule has 0 aliphatic heterocycles. The first kappa shape index (κ1) is 18.4. The Kier molecular flexibility index (Phi) is 7.45. The van der Waals surface area contributed by atoms with Gasteiger partial charge in [-0.2, -0.15) is 0 Å². The van der Waals surface area contributed by atoms with Crippen LogP contribution in [0.2, 0.25) is 10.0 Å². The lowest BCUT2D eigenvalue weighted by Crippen LogP contribution is -2.00. The van der Waals surface area contributed by atoms with Crippen molar-refractivity contribution in [2.24, 2.45) is 0 Å². The first-order valence-electron chi connectivity index (χ1n) is 8.67.